The average molecular weight is 285 g/mol. The number of pyridine rings is 1. The van der Waals surface area contributed by atoms with E-state index in [0.29, 0.717) is 13.2 Å². The highest BCUT2D eigenvalue weighted by Gasteiger charge is 2.51. The zero-order valence-electron chi connectivity index (χ0n) is 12.0. The molecule has 110 valence electrons. The zero-order chi connectivity index (χ0) is 14.8. The van der Waals surface area contributed by atoms with E-state index in [1.54, 1.807) is 12.4 Å². The van der Waals surface area contributed by atoms with E-state index in [9.17, 15) is 5.11 Å². The molecule has 2 aromatic rings. The van der Waals surface area contributed by atoms with Gasteiger partial charge in [0.2, 0.25) is 0 Å². The summed E-state index contributed by atoms with van der Waals surface area (Å²) in [7, 11) is 0. The van der Waals surface area contributed by atoms with Crippen LogP contribution in [0.5, 0.6) is 0 Å². The maximum atomic E-state index is 11.6. The number of benzene rings is 1. The Hall–Kier alpha value is -1.75. The molecule has 3 rings (SSSR count). The van der Waals surface area contributed by atoms with Gasteiger partial charge in [-0.05, 0) is 11.6 Å². The van der Waals surface area contributed by atoms with Gasteiger partial charge in [0.05, 0.1) is 18.6 Å². The molecular weight excluding hydrogens is 266 g/mol. The Morgan fingerprint density at radius 3 is 2.33 bits per heavy atom. The fourth-order valence-corrected chi connectivity index (χ4v) is 2.96. The predicted molar refractivity (Wildman–Crippen MR) is 78.6 cm³/mol. The van der Waals surface area contributed by atoms with Gasteiger partial charge in [0.25, 0.3) is 0 Å². The third kappa shape index (κ3) is 2.35. The van der Waals surface area contributed by atoms with Gasteiger partial charge in [-0.2, -0.15) is 0 Å². The molecule has 1 unspecified atom stereocenters. The quantitative estimate of drug-likeness (QED) is 0.940. The summed E-state index contributed by atoms with van der Waals surface area (Å²) < 4.78 is 10.9. The van der Waals surface area contributed by atoms with Crippen molar-refractivity contribution in [2.45, 2.75) is 12.5 Å². The minimum absolute atomic E-state index is 0.271. The van der Waals surface area contributed by atoms with E-state index < -0.39 is 11.0 Å². The second kappa shape index (κ2) is 5.56. The van der Waals surface area contributed by atoms with E-state index in [2.05, 4.69) is 4.98 Å². The SMILES string of the molecule is CC1(C(O)(c2ccccc2)c2cccnc2)COCOC1. The van der Waals surface area contributed by atoms with Crippen LogP contribution in [0.4, 0.5) is 0 Å². The molecular formula is C17H19NO3. The molecule has 2 heterocycles. The topological polar surface area (TPSA) is 51.6 Å². The predicted octanol–water partition coefficient (Wildman–Crippen LogP) is 2.33. The Balaban J connectivity index is 2.15. The molecule has 1 aromatic heterocycles. The van der Waals surface area contributed by atoms with E-state index in [1.807, 2.05) is 49.4 Å². The molecule has 1 atom stereocenters. The molecule has 1 aliphatic heterocycles. The van der Waals surface area contributed by atoms with Crippen molar-refractivity contribution in [3.8, 4) is 0 Å². The fourth-order valence-electron chi connectivity index (χ4n) is 2.96. The Bertz CT molecular complexity index is 540. The lowest BCUT2D eigenvalue weighted by atomic mass is 9.67. The molecule has 4 nitrogen and oxygen atoms in total. The summed E-state index contributed by atoms with van der Waals surface area (Å²) in [6, 6.07) is 13.3. The van der Waals surface area contributed by atoms with Gasteiger partial charge in [0.15, 0.2) is 0 Å². The van der Waals surface area contributed by atoms with Crippen LogP contribution >= 0.6 is 0 Å². The minimum atomic E-state index is -1.22. The van der Waals surface area contributed by atoms with Crippen molar-refractivity contribution in [1.82, 2.24) is 4.98 Å². The van der Waals surface area contributed by atoms with Crippen molar-refractivity contribution in [3.63, 3.8) is 0 Å². The molecule has 21 heavy (non-hydrogen) atoms. The van der Waals surface area contributed by atoms with Crippen LogP contribution in [-0.4, -0.2) is 30.1 Å². The summed E-state index contributed by atoms with van der Waals surface area (Å²) in [5.41, 5.74) is -0.249. The number of nitrogens with zero attached hydrogens (tertiary/aromatic N) is 1. The second-order valence-electron chi connectivity index (χ2n) is 5.69. The molecule has 0 aliphatic carbocycles. The van der Waals surface area contributed by atoms with Crippen molar-refractivity contribution in [1.29, 1.82) is 0 Å². The fraction of sp³-hybridized carbons (Fsp3) is 0.353. The van der Waals surface area contributed by atoms with Gasteiger partial charge in [-0.3, -0.25) is 4.98 Å². The zero-order valence-corrected chi connectivity index (χ0v) is 12.0. The van der Waals surface area contributed by atoms with Gasteiger partial charge in [0.1, 0.15) is 12.4 Å². The van der Waals surface area contributed by atoms with Gasteiger partial charge in [-0.1, -0.05) is 43.3 Å². The van der Waals surface area contributed by atoms with Crippen molar-refractivity contribution in [2.75, 3.05) is 20.0 Å². The largest absolute Gasteiger partial charge is 0.380 e. The Morgan fingerprint density at radius 1 is 1.05 bits per heavy atom. The van der Waals surface area contributed by atoms with Crippen molar-refractivity contribution in [3.05, 3.63) is 66.0 Å². The number of aliphatic hydroxyl groups is 1. The molecule has 0 amide bonds. The summed E-state index contributed by atoms with van der Waals surface area (Å²) in [6.45, 7) is 3.10. The van der Waals surface area contributed by atoms with Gasteiger partial charge in [-0.15, -0.1) is 0 Å². The molecule has 0 saturated carbocycles. The smallest absolute Gasteiger partial charge is 0.146 e. The highest BCUT2D eigenvalue weighted by atomic mass is 16.7. The highest BCUT2D eigenvalue weighted by molar-refractivity contribution is 5.37. The molecule has 1 aliphatic rings. The van der Waals surface area contributed by atoms with Gasteiger partial charge < -0.3 is 14.6 Å². The molecule has 1 aromatic carbocycles. The lowest BCUT2D eigenvalue weighted by Gasteiger charge is -2.47. The van der Waals surface area contributed by atoms with E-state index in [0.717, 1.165) is 11.1 Å². The summed E-state index contributed by atoms with van der Waals surface area (Å²) >= 11 is 0. The summed E-state index contributed by atoms with van der Waals surface area (Å²) in [6.07, 6.45) is 3.40. The van der Waals surface area contributed by atoms with Gasteiger partial charge in [-0.25, -0.2) is 0 Å². The molecule has 1 fully saturated rings. The standard InChI is InChI=1S/C17H19NO3/c1-16(11-20-13-21-12-16)17(19,14-6-3-2-4-7-14)15-8-5-9-18-10-15/h2-10,19H,11-13H2,1H3. The first kappa shape index (κ1) is 14.2. The maximum Gasteiger partial charge on any atom is 0.146 e. The first-order valence-corrected chi connectivity index (χ1v) is 7.01. The third-order valence-corrected chi connectivity index (χ3v) is 4.15. The van der Waals surface area contributed by atoms with Crippen LogP contribution in [-0.2, 0) is 15.1 Å². The van der Waals surface area contributed by atoms with Crippen molar-refractivity contribution in [2.24, 2.45) is 5.41 Å². The Labute approximate surface area is 124 Å². The normalized spacial score (nSPS) is 20.7. The van der Waals surface area contributed by atoms with Crippen molar-refractivity contribution < 1.29 is 14.6 Å². The lowest BCUT2D eigenvalue weighted by molar-refractivity contribution is -0.213. The minimum Gasteiger partial charge on any atom is -0.380 e. The van der Waals surface area contributed by atoms with Crippen LogP contribution in [0.25, 0.3) is 0 Å². The van der Waals surface area contributed by atoms with Crippen LogP contribution in [0, 0.1) is 5.41 Å². The first-order valence-electron chi connectivity index (χ1n) is 7.01. The van der Waals surface area contributed by atoms with Crippen LogP contribution in [0.1, 0.15) is 18.1 Å². The maximum absolute atomic E-state index is 11.6. The summed E-state index contributed by atoms with van der Waals surface area (Å²) in [4.78, 5) is 4.16. The molecule has 1 N–H and O–H groups in total. The molecule has 0 radical (unpaired) electrons. The van der Waals surface area contributed by atoms with Crippen LogP contribution in [0.3, 0.4) is 0 Å². The van der Waals surface area contributed by atoms with E-state index in [1.165, 1.54) is 0 Å². The molecule has 0 spiro atoms. The number of ether oxygens (including phenoxy) is 2. The number of rotatable bonds is 3. The Kier molecular flexibility index (Phi) is 3.76. The van der Waals surface area contributed by atoms with Crippen LogP contribution in [0.2, 0.25) is 0 Å². The number of hydrogen-bond acceptors (Lipinski definition) is 4. The highest BCUT2D eigenvalue weighted by Crippen LogP contribution is 2.46. The van der Waals surface area contributed by atoms with Crippen LogP contribution < -0.4 is 0 Å². The van der Waals surface area contributed by atoms with Crippen LogP contribution in [0.15, 0.2) is 54.9 Å². The molecule has 4 heteroatoms. The lowest BCUT2D eigenvalue weighted by Crippen LogP contribution is -2.52. The third-order valence-electron chi connectivity index (χ3n) is 4.15. The van der Waals surface area contributed by atoms with Crippen molar-refractivity contribution >= 4 is 0 Å². The van der Waals surface area contributed by atoms with Gasteiger partial charge in [0, 0.05) is 18.0 Å². The van der Waals surface area contributed by atoms with E-state index in [4.69, 9.17) is 9.47 Å². The summed E-state index contributed by atoms with van der Waals surface area (Å²) in [5, 5.41) is 11.6. The molecule has 1 saturated heterocycles. The van der Waals surface area contributed by atoms with Gasteiger partial charge >= 0.3 is 0 Å². The number of aromatic nitrogens is 1. The first-order chi connectivity index (χ1) is 10.2. The van der Waals surface area contributed by atoms with E-state index >= 15 is 0 Å². The Morgan fingerprint density at radius 2 is 1.71 bits per heavy atom. The average Bonchev–Trinajstić information content (AvgIpc) is 2.56. The summed E-state index contributed by atoms with van der Waals surface area (Å²) in [5.74, 6) is 0. The van der Waals surface area contributed by atoms with E-state index in [-0.39, 0.29) is 6.79 Å². The molecule has 0 bridgehead atoms. The monoisotopic (exact) mass is 285 g/mol. The number of hydrogen-bond donors (Lipinski definition) is 1. The second-order valence-corrected chi connectivity index (χ2v) is 5.69.